The SMILES string of the molecule is CC.CC(C)C(C)C(=O)N1CC(O)CC1C(=O)NC(CO)c1ccc(-c2ccnn2CC2COC2)cc1. The zero-order valence-corrected chi connectivity index (χ0v) is 22.6. The highest BCUT2D eigenvalue weighted by molar-refractivity contribution is 5.89. The van der Waals surface area contributed by atoms with Gasteiger partial charge >= 0.3 is 0 Å². The summed E-state index contributed by atoms with van der Waals surface area (Å²) in [5, 5.41) is 27.5. The summed E-state index contributed by atoms with van der Waals surface area (Å²) in [5.74, 6) is -0.138. The summed E-state index contributed by atoms with van der Waals surface area (Å²) in [6.07, 6.45) is 1.23. The first-order valence-electron chi connectivity index (χ1n) is 13.4. The summed E-state index contributed by atoms with van der Waals surface area (Å²) >= 11 is 0. The van der Waals surface area contributed by atoms with Crippen molar-refractivity contribution in [3.05, 3.63) is 42.1 Å². The van der Waals surface area contributed by atoms with Crippen LogP contribution < -0.4 is 5.32 Å². The molecule has 2 aliphatic rings. The Morgan fingerprint density at radius 2 is 1.81 bits per heavy atom. The van der Waals surface area contributed by atoms with Crippen LogP contribution in [0.1, 0.15) is 52.6 Å². The van der Waals surface area contributed by atoms with Gasteiger partial charge in [-0.3, -0.25) is 14.3 Å². The lowest BCUT2D eigenvalue weighted by molar-refractivity contribution is -0.142. The average Bonchev–Trinajstić information content (AvgIpc) is 3.51. The van der Waals surface area contributed by atoms with Crippen molar-refractivity contribution in [2.24, 2.45) is 17.8 Å². The first-order chi connectivity index (χ1) is 17.8. The molecule has 4 atom stereocenters. The van der Waals surface area contributed by atoms with Crippen molar-refractivity contribution in [3.63, 3.8) is 0 Å². The molecule has 0 aliphatic carbocycles. The van der Waals surface area contributed by atoms with Crippen LogP contribution in [0.4, 0.5) is 0 Å². The summed E-state index contributed by atoms with van der Waals surface area (Å²) in [5.41, 5.74) is 2.75. The van der Waals surface area contributed by atoms with Crippen LogP contribution in [0.2, 0.25) is 0 Å². The molecule has 3 N–H and O–H groups in total. The third-order valence-corrected chi connectivity index (χ3v) is 7.22. The molecule has 37 heavy (non-hydrogen) atoms. The Balaban J connectivity index is 0.00000186. The smallest absolute Gasteiger partial charge is 0.243 e. The van der Waals surface area contributed by atoms with Gasteiger partial charge in [-0.25, -0.2) is 0 Å². The van der Waals surface area contributed by atoms with Crippen LogP contribution in [0, 0.1) is 17.8 Å². The monoisotopic (exact) mass is 514 g/mol. The van der Waals surface area contributed by atoms with E-state index < -0.39 is 18.2 Å². The Morgan fingerprint density at radius 1 is 1.14 bits per heavy atom. The predicted octanol–water partition coefficient (Wildman–Crippen LogP) is 2.63. The molecular weight excluding hydrogens is 472 g/mol. The van der Waals surface area contributed by atoms with Gasteiger partial charge in [0.25, 0.3) is 0 Å². The number of aliphatic hydroxyl groups is 2. The van der Waals surface area contributed by atoms with E-state index in [4.69, 9.17) is 4.74 Å². The largest absolute Gasteiger partial charge is 0.394 e. The van der Waals surface area contributed by atoms with E-state index in [2.05, 4.69) is 10.4 Å². The van der Waals surface area contributed by atoms with Gasteiger partial charge in [-0.2, -0.15) is 5.10 Å². The summed E-state index contributed by atoms with van der Waals surface area (Å²) in [6, 6.07) is 8.27. The minimum atomic E-state index is -0.753. The highest BCUT2D eigenvalue weighted by Crippen LogP contribution is 2.26. The Labute approximate surface area is 219 Å². The zero-order valence-electron chi connectivity index (χ0n) is 22.6. The molecule has 2 saturated heterocycles. The van der Waals surface area contributed by atoms with E-state index in [1.54, 1.807) is 6.20 Å². The van der Waals surface area contributed by atoms with Crippen LogP contribution >= 0.6 is 0 Å². The number of aromatic nitrogens is 2. The predicted molar refractivity (Wildman–Crippen MR) is 141 cm³/mol. The van der Waals surface area contributed by atoms with Crippen LogP contribution in [-0.2, 0) is 20.9 Å². The van der Waals surface area contributed by atoms with Crippen LogP contribution in [0.3, 0.4) is 0 Å². The quantitative estimate of drug-likeness (QED) is 0.474. The van der Waals surface area contributed by atoms with Crippen molar-refractivity contribution in [3.8, 4) is 11.3 Å². The number of rotatable bonds is 9. The molecule has 2 aliphatic heterocycles. The molecule has 204 valence electrons. The number of ether oxygens (including phenoxy) is 1. The molecule has 9 heteroatoms. The van der Waals surface area contributed by atoms with E-state index >= 15 is 0 Å². The number of benzene rings is 1. The number of likely N-dealkylation sites (tertiary alicyclic amines) is 1. The molecule has 0 spiro atoms. The first-order valence-corrected chi connectivity index (χ1v) is 13.4. The van der Waals surface area contributed by atoms with Crippen LogP contribution in [-0.4, -0.2) is 75.2 Å². The van der Waals surface area contributed by atoms with Gasteiger partial charge in [0.15, 0.2) is 0 Å². The lowest BCUT2D eigenvalue weighted by Crippen LogP contribution is -2.49. The topological polar surface area (TPSA) is 117 Å². The molecule has 1 aromatic heterocycles. The first kappa shape index (κ1) is 28.8. The Hall–Kier alpha value is -2.75. The highest BCUT2D eigenvalue weighted by Gasteiger charge is 2.41. The van der Waals surface area contributed by atoms with Gasteiger partial charge in [0.2, 0.25) is 11.8 Å². The van der Waals surface area contributed by atoms with E-state index in [0.717, 1.165) is 36.6 Å². The van der Waals surface area contributed by atoms with Gasteiger partial charge in [-0.05, 0) is 23.1 Å². The molecule has 2 aromatic rings. The van der Waals surface area contributed by atoms with E-state index in [0.29, 0.717) is 5.92 Å². The highest BCUT2D eigenvalue weighted by atomic mass is 16.5. The second-order valence-corrected chi connectivity index (χ2v) is 10.1. The van der Waals surface area contributed by atoms with Gasteiger partial charge in [0, 0.05) is 37.5 Å². The fourth-order valence-corrected chi connectivity index (χ4v) is 4.60. The Kier molecular flexibility index (Phi) is 10.3. The third-order valence-electron chi connectivity index (χ3n) is 7.22. The van der Waals surface area contributed by atoms with Gasteiger partial charge in [0.05, 0.1) is 37.7 Å². The van der Waals surface area contributed by atoms with Crippen molar-refractivity contribution in [2.75, 3.05) is 26.4 Å². The molecule has 4 unspecified atom stereocenters. The number of carbonyl (C=O) groups excluding carboxylic acids is 2. The summed E-state index contributed by atoms with van der Waals surface area (Å²) < 4.78 is 7.24. The summed E-state index contributed by atoms with van der Waals surface area (Å²) in [7, 11) is 0. The molecule has 1 aromatic carbocycles. The van der Waals surface area contributed by atoms with Gasteiger partial charge in [-0.1, -0.05) is 58.9 Å². The van der Waals surface area contributed by atoms with E-state index in [-0.39, 0.29) is 43.2 Å². The molecule has 2 fully saturated rings. The van der Waals surface area contributed by atoms with Crippen molar-refractivity contribution in [2.45, 2.75) is 65.8 Å². The van der Waals surface area contributed by atoms with E-state index in [9.17, 15) is 19.8 Å². The Morgan fingerprint density at radius 3 is 2.38 bits per heavy atom. The maximum absolute atomic E-state index is 13.1. The van der Waals surface area contributed by atoms with Crippen LogP contribution in [0.15, 0.2) is 36.5 Å². The van der Waals surface area contributed by atoms with Crippen LogP contribution in [0.5, 0.6) is 0 Å². The number of nitrogens with one attached hydrogen (secondary N) is 1. The number of carbonyl (C=O) groups is 2. The van der Waals surface area contributed by atoms with E-state index in [1.165, 1.54) is 4.90 Å². The van der Waals surface area contributed by atoms with Crippen molar-refractivity contribution in [1.82, 2.24) is 20.0 Å². The fraction of sp³-hybridized carbons (Fsp3) is 0.607. The second kappa shape index (κ2) is 13.2. The molecule has 9 nitrogen and oxygen atoms in total. The standard InChI is InChI=1S/C26H36N4O5.C2H6/c1-16(2)17(3)26(34)29-12-21(32)10-24(29)25(33)28-22(13-31)19-4-6-20(7-5-19)23-8-9-27-30(23)11-18-14-35-15-18;1-2/h4-9,16-18,21-22,24,31-32H,10-15H2,1-3H3,(H,28,33);1-2H3. The van der Waals surface area contributed by atoms with E-state index in [1.807, 2.05) is 69.6 Å². The summed E-state index contributed by atoms with van der Waals surface area (Å²) in [4.78, 5) is 27.5. The summed E-state index contributed by atoms with van der Waals surface area (Å²) in [6.45, 7) is 12.0. The molecule has 0 saturated carbocycles. The fourth-order valence-electron chi connectivity index (χ4n) is 4.60. The molecule has 4 rings (SSSR count). The molecular formula is C28H42N4O5. The molecule has 0 bridgehead atoms. The lowest BCUT2D eigenvalue weighted by atomic mass is 9.96. The molecule has 0 radical (unpaired) electrons. The van der Waals surface area contributed by atoms with Gasteiger partial charge in [0.1, 0.15) is 6.04 Å². The maximum atomic E-state index is 13.1. The number of hydrogen-bond acceptors (Lipinski definition) is 6. The zero-order chi connectivity index (χ0) is 27.1. The van der Waals surface area contributed by atoms with Crippen molar-refractivity contribution < 1.29 is 24.5 Å². The second-order valence-electron chi connectivity index (χ2n) is 10.1. The number of nitrogens with zero attached hydrogens (tertiary/aromatic N) is 3. The van der Waals surface area contributed by atoms with Crippen molar-refractivity contribution in [1.29, 1.82) is 0 Å². The van der Waals surface area contributed by atoms with Crippen molar-refractivity contribution >= 4 is 11.8 Å². The van der Waals surface area contributed by atoms with Gasteiger partial charge in [-0.15, -0.1) is 0 Å². The normalized spacial score (nSPS) is 21.1. The Bertz CT molecular complexity index is 1020. The molecule has 2 amide bonds. The number of hydrogen-bond donors (Lipinski definition) is 3. The number of aliphatic hydroxyl groups excluding tert-OH is 2. The maximum Gasteiger partial charge on any atom is 0.243 e. The lowest BCUT2D eigenvalue weighted by Gasteiger charge is -2.29. The van der Waals surface area contributed by atoms with Gasteiger partial charge < -0.3 is 25.2 Å². The number of amides is 2. The minimum absolute atomic E-state index is 0.131. The third kappa shape index (κ3) is 6.77. The average molecular weight is 515 g/mol. The minimum Gasteiger partial charge on any atom is -0.394 e. The number of β-amino-alcohol motifs (C(OH)–C–C–N with tert-alkyl or cyclic N) is 1. The molecule has 3 heterocycles. The van der Waals surface area contributed by atoms with Crippen LogP contribution in [0.25, 0.3) is 11.3 Å².